The van der Waals surface area contributed by atoms with Crippen molar-refractivity contribution in [2.24, 2.45) is 0 Å². The number of amides is 2. The molecule has 5 nitrogen and oxygen atoms in total. The molecule has 1 aromatic rings. The zero-order valence-corrected chi connectivity index (χ0v) is 11.6. The van der Waals surface area contributed by atoms with E-state index < -0.39 is 0 Å². The summed E-state index contributed by atoms with van der Waals surface area (Å²) < 4.78 is 0.601. The first kappa shape index (κ1) is 13.0. The van der Waals surface area contributed by atoms with E-state index >= 15 is 0 Å². The first-order valence-corrected chi connectivity index (χ1v) is 6.53. The Kier molecular flexibility index (Phi) is 3.96. The lowest BCUT2D eigenvalue weighted by molar-refractivity contribution is -0.121. The van der Waals surface area contributed by atoms with Crippen molar-refractivity contribution in [1.29, 1.82) is 0 Å². The molecule has 2 rings (SSSR count). The number of pyridine rings is 1. The highest BCUT2D eigenvalue weighted by molar-refractivity contribution is 9.10. The minimum absolute atomic E-state index is 0.0591. The van der Waals surface area contributed by atoms with Gasteiger partial charge in [-0.15, -0.1) is 0 Å². The van der Waals surface area contributed by atoms with Gasteiger partial charge in [0, 0.05) is 13.1 Å². The molecule has 0 spiro atoms. The molecule has 0 aromatic carbocycles. The van der Waals surface area contributed by atoms with Crippen LogP contribution in [0.4, 0.5) is 0 Å². The maximum Gasteiger partial charge on any atom is 0.272 e. The first-order valence-electron chi connectivity index (χ1n) is 5.73. The molecular formula is C12H14BrN3O2. The lowest BCUT2D eigenvalue weighted by Crippen LogP contribution is -2.39. The number of hydrogen-bond donors (Lipinski definition) is 1. The number of rotatable bonds is 4. The van der Waals surface area contributed by atoms with Crippen molar-refractivity contribution in [2.75, 3.05) is 13.6 Å². The second kappa shape index (κ2) is 5.48. The van der Waals surface area contributed by atoms with E-state index in [9.17, 15) is 9.59 Å². The van der Waals surface area contributed by atoms with E-state index in [1.54, 1.807) is 25.2 Å². The second-order valence-corrected chi connectivity index (χ2v) is 5.16. The lowest BCUT2D eigenvalue weighted by Gasteiger charge is -2.16. The molecule has 1 fully saturated rings. The van der Waals surface area contributed by atoms with Crippen molar-refractivity contribution >= 4 is 27.7 Å². The fraction of sp³-hybridized carbons (Fsp3) is 0.417. The van der Waals surface area contributed by atoms with Crippen LogP contribution in [0, 0.1) is 0 Å². The zero-order valence-electron chi connectivity index (χ0n) is 10.0. The van der Waals surface area contributed by atoms with Gasteiger partial charge in [-0.1, -0.05) is 6.07 Å². The van der Waals surface area contributed by atoms with Crippen molar-refractivity contribution in [2.45, 2.75) is 18.9 Å². The molecule has 1 saturated carbocycles. The average molecular weight is 312 g/mol. The number of carbonyl (C=O) groups excluding carboxylic acids is 2. The van der Waals surface area contributed by atoms with E-state index in [2.05, 4.69) is 26.2 Å². The van der Waals surface area contributed by atoms with E-state index in [1.807, 2.05) is 0 Å². The molecule has 0 atom stereocenters. The van der Waals surface area contributed by atoms with Gasteiger partial charge in [-0.05, 0) is 40.9 Å². The molecule has 0 radical (unpaired) electrons. The molecule has 18 heavy (non-hydrogen) atoms. The third kappa shape index (κ3) is 3.53. The van der Waals surface area contributed by atoms with Gasteiger partial charge in [-0.3, -0.25) is 9.59 Å². The molecule has 2 amide bonds. The molecule has 96 valence electrons. The number of hydrogen-bond acceptors (Lipinski definition) is 3. The molecular weight excluding hydrogens is 298 g/mol. The minimum atomic E-state index is -0.262. The van der Waals surface area contributed by atoms with E-state index in [1.165, 1.54) is 4.90 Å². The van der Waals surface area contributed by atoms with Gasteiger partial charge in [-0.2, -0.15) is 0 Å². The fourth-order valence-corrected chi connectivity index (χ4v) is 1.85. The van der Waals surface area contributed by atoms with Gasteiger partial charge in [0.2, 0.25) is 5.91 Å². The van der Waals surface area contributed by atoms with Crippen LogP contribution in [0.3, 0.4) is 0 Å². The molecule has 1 aliphatic rings. The Labute approximate surface area is 114 Å². The molecule has 1 aromatic heterocycles. The van der Waals surface area contributed by atoms with Crippen LogP contribution in [0.5, 0.6) is 0 Å². The molecule has 0 aliphatic heterocycles. The fourth-order valence-electron chi connectivity index (χ4n) is 1.51. The van der Waals surface area contributed by atoms with Gasteiger partial charge in [0.15, 0.2) is 0 Å². The summed E-state index contributed by atoms with van der Waals surface area (Å²) in [4.78, 5) is 29.0. The van der Waals surface area contributed by atoms with Crippen LogP contribution in [0.25, 0.3) is 0 Å². The molecule has 1 N–H and O–H groups in total. The average Bonchev–Trinajstić information content (AvgIpc) is 3.11. The van der Waals surface area contributed by atoms with Crippen LogP contribution in [-0.4, -0.2) is 41.3 Å². The van der Waals surface area contributed by atoms with Crippen LogP contribution in [0.1, 0.15) is 23.3 Å². The Bertz CT molecular complexity index is 474. The summed E-state index contributed by atoms with van der Waals surface area (Å²) in [6, 6.07) is 5.42. The molecule has 1 heterocycles. The van der Waals surface area contributed by atoms with Crippen LogP contribution in [0.15, 0.2) is 22.8 Å². The van der Waals surface area contributed by atoms with Crippen molar-refractivity contribution in [3.05, 3.63) is 28.5 Å². The summed E-state index contributed by atoms with van der Waals surface area (Å²) in [5.41, 5.74) is 0.325. The Morgan fingerprint density at radius 3 is 2.83 bits per heavy atom. The lowest BCUT2D eigenvalue weighted by atomic mass is 10.3. The van der Waals surface area contributed by atoms with Gasteiger partial charge in [-0.25, -0.2) is 4.98 Å². The number of nitrogens with one attached hydrogen (secondary N) is 1. The highest BCUT2D eigenvalue weighted by Gasteiger charge is 2.24. The van der Waals surface area contributed by atoms with Gasteiger partial charge >= 0.3 is 0 Å². The van der Waals surface area contributed by atoms with E-state index in [0.717, 1.165) is 12.8 Å². The molecule has 0 unspecified atom stereocenters. The normalized spacial score (nSPS) is 14.1. The van der Waals surface area contributed by atoms with Crippen LogP contribution < -0.4 is 5.32 Å². The van der Waals surface area contributed by atoms with E-state index in [0.29, 0.717) is 16.3 Å². The van der Waals surface area contributed by atoms with E-state index in [4.69, 9.17) is 0 Å². The maximum atomic E-state index is 12.0. The standard InChI is InChI=1S/C12H14BrN3O2/c1-16(7-11(17)14-8-5-6-8)12(18)9-3-2-4-10(13)15-9/h2-4,8H,5-7H2,1H3,(H,14,17). The van der Waals surface area contributed by atoms with Crippen molar-refractivity contribution in [1.82, 2.24) is 15.2 Å². The number of carbonyl (C=O) groups is 2. The zero-order chi connectivity index (χ0) is 13.1. The van der Waals surface area contributed by atoms with E-state index in [-0.39, 0.29) is 18.4 Å². The van der Waals surface area contributed by atoms with Crippen molar-refractivity contribution < 1.29 is 9.59 Å². The Balaban J connectivity index is 1.93. The van der Waals surface area contributed by atoms with Crippen LogP contribution in [-0.2, 0) is 4.79 Å². The molecule has 0 saturated heterocycles. The van der Waals surface area contributed by atoms with Gasteiger partial charge in [0.25, 0.3) is 5.91 Å². The summed E-state index contributed by atoms with van der Waals surface area (Å²) in [5, 5.41) is 2.84. The Morgan fingerprint density at radius 2 is 2.22 bits per heavy atom. The van der Waals surface area contributed by atoms with Gasteiger partial charge < -0.3 is 10.2 Å². The predicted octanol–water partition coefficient (Wildman–Crippen LogP) is 1.19. The third-order valence-corrected chi connectivity index (χ3v) is 3.05. The monoisotopic (exact) mass is 311 g/mol. The highest BCUT2D eigenvalue weighted by Crippen LogP contribution is 2.18. The summed E-state index contributed by atoms with van der Waals surface area (Å²) in [6.07, 6.45) is 2.08. The molecule has 1 aliphatic carbocycles. The van der Waals surface area contributed by atoms with Crippen molar-refractivity contribution in [3.8, 4) is 0 Å². The second-order valence-electron chi connectivity index (χ2n) is 4.35. The summed E-state index contributed by atoms with van der Waals surface area (Å²) in [6.45, 7) is 0.0591. The molecule has 0 bridgehead atoms. The van der Waals surface area contributed by atoms with Crippen molar-refractivity contribution in [3.63, 3.8) is 0 Å². The van der Waals surface area contributed by atoms with Crippen LogP contribution in [0.2, 0.25) is 0 Å². The summed E-state index contributed by atoms with van der Waals surface area (Å²) in [7, 11) is 1.59. The smallest absolute Gasteiger partial charge is 0.272 e. The van der Waals surface area contributed by atoms with Gasteiger partial charge in [0.1, 0.15) is 10.3 Å². The maximum absolute atomic E-state index is 12.0. The quantitative estimate of drug-likeness (QED) is 0.850. The summed E-state index contributed by atoms with van der Waals surface area (Å²) >= 11 is 3.21. The number of halogens is 1. The number of nitrogens with zero attached hydrogens (tertiary/aromatic N) is 2. The SMILES string of the molecule is CN(CC(=O)NC1CC1)C(=O)c1cccc(Br)n1. The first-order chi connectivity index (χ1) is 8.56. The Hall–Kier alpha value is -1.43. The summed E-state index contributed by atoms with van der Waals surface area (Å²) in [5.74, 6) is -0.384. The predicted molar refractivity (Wildman–Crippen MR) is 70.1 cm³/mol. The third-order valence-electron chi connectivity index (χ3n) is 2.60. The number of likely N-dealkylation sites (N-methyl/N-ethyl adjacent to an activating group) is 1. The van der Waals surface area contributed by atoms with Gasteiger partial charge in [0.05, 0.1) is 6.54 Å². The van der Waals surface area contributed by atoms with Crippen LogP contribution >= 0.6 is 15.9 Å². The topological polar surface area (TPSA) is 62.3 Å². The molecule has 6 heteroatoms. The Morgan fingerprint density at radius 1 is 1.50 bits per heavy atom. The highest BCUT2D eigenvalue weighted by atomic mass is 79.9. The largest absolute Gasteiger partial charge is 0.352 e. The number of aromatic nitrogens is 1. The minimum Gasteiger partial charge on any atom is -0.352 e.